The molecule has 5 nitrogen and oxygen atoms in total. The lowest BCUT2D eigenvalue weighted by molar-refractivity contribution is -0.137. The first-order valence-electron chi connectivity index (χ1n) is 10.5. The van der Waals surface area contributed by atoms with Crippen molar-refractivity contribution in [1.29, 1.82) is 0 Å². The van der Waals surface area contributed by atoms with Crippen molar-refractivity contribution >= 4 is 11.8 Å². The summed E-state index contributed by atoms with van der Waals surface area (Å²) in [4.78, 5) is 26.5. The van der Waals surface area contributed by atoms with Crippen molar-refractivity contribution in [2.24, 2.45) is 0 Å². The summed E-state index contributed by atoms with van der Waals surface area (Å²) < 4.78 is 38.9. The van der Waals surface area contributed by atoms with Gasteiger partial charge in [-0.3, -0.25) is 14.5 Å². The molecule has 0 unspecified atom stereocenters. The molecule has 0 spiro atoms. The molecule has 2 amide bonds. The molecule has 0 radical (unpaired) electrons. The quantitative estimate of drug-likeness (QED) is 0.661. The van der Waals surface area contributed by atoms with Gasteiger partial charge < -0.3 is 10.6 Å². The van der Waals surface area contributed by atoms with Crippen molar-refractivity contribution in [2.45, 2.75) is 57.3 Å². The monoisotopic (exact) mass is 423 g/mol. The molecule has 1 atom stereocenters. The molecule has 1 aliphatic carbocycles. The molecular weight excluding hydrogens is 395 g/mol. The van der Waals surface area contributed by atoms with E-state index in [1.165, 1.54) is 24.5 Å². The average molecular weight is 423 g/mol. The van der Waals surface area contributed by atoms with Gasteiger partial charge in [0, 0.05) is 26.2 Å². The summed E-state index contributed by atoms with van der Waals surface area (Å²) in [6.07, 6.45) is 3.20. The largest absolute Gasteiger partial charge is 0.416 e. The Labute approximate surface area is 174 Å². The van der Waals surface area contributed by atoms with E-state index in [0.717, 1.165) is 31.4 Å². The molecule has 1 heterocycles. The van der Waals surface area contributed by atoms with Crippen LogP contribution in [0.4, 0.5) is 13.2 Å². The normalized spacial score (nSPS) is 20.4. The molecule has 1 aromatic rings. The fraction of sp³-hybridized carbons (Fsp3) is 0.545. The first kappa shape index (κ1) is 22.3. The van der Waals surface area contributed by atoms with Crippen LogP contribution in [-0.4, -0.2) is 42.4 Å². The summed E-state index contributed by atoms with van der Waals surface area (Å²) in [5.74, 6) is -0.485. The van der Waals surface area contributed by atoms with Crippen LogP contribution in [0.1, 0.15) is 49.7 Å². The molecule has 2 N–H and O–H groups in total. The lowest BCUT2D eigenvalue weighted by Crippen LogP contribution is -2.56. The average Bonchev–Trinajstić information content (AvgIpc) is 2.71. The molecule has 1 fully saturated rings. The molecular formula is C22H28F3N3O2. The van der Waals surface area contributed by atoms with E-state index >= 15 is 0 Å². The molecule has 3 rings (SSSR count). The first-order valence-corrected chi connectivity index (χ1v) is 10.5. The Morgan fingerprint density at radius 1 is 1.27 bits per heavy atom. The second kappa shape index (κ2) is 10.1. The second-order valence-electron chi connectivity index (χ2n) is 7.89. The van der Waals surface area contributed by atoms with Gasteiger partial charge in [0.15, 0.2) is 0 Å². The highest BCUT2D eigenvalue weighted by molar-refractivity contribution is 5.88. The number of amides is 2. The minimum Gasteiger partial charge on any atom is -0.356 e. The van der Waals surface area contributed by atoms with Gasteiger partial charge >= 0.3 is 6.18 Å². The van der Waals surface area contributed by atoms with Gasteiger partial charge in [0.1, 0.15) is 0 Å². The SMILES string of the molecule is O=C(C[C@H]1C(=O)NCCN1Cc1cccc(C(F)(F)F)c1)NCCC1=CCCCC1. The number of benzene rings is 1. The predicted octanol–water partition coefficient (Wildman–Crippen LogP) is 3.40. The van der Waals surface area contributed by atoms with Gasteiger partial charge in [-0.25, -0.2) is 0 Å². The van der Waals surface area contributed by atoms with Crippen LogP contribution in [0.3, 0.4) is 0 Å². The highest BCUT2D eigenvalue weighted by Crippen LogP contribution is 2.30. The van der Waals surface area contributed by atoms with Crippen LogP contribution in [0.15, 0.2) is 35.9 Å². The van der Waals surface area contributed by atoms with E-state index < -0.39 is 17.8 Å². The van der Waals surface area contributed by atoms with E-state index in [4.69, 9.17) is 0 Å². The van der Waals surface area contributed by atoms with E-state index in [1.54, 1.807) is 11.0 Å². The number of carbonyl (C=O) groups excluding carboxylic acids is 2. The molecule has 0 saturated carbocycles. The first-order chi connectivity index (χ1) is 14.3. The highest BCUT2D eigenvalue weighted by Gasteiger charge is 2.33. The fourth-order valence-electron chi connectivity index (χ4n) is 4.00. The van der Waals surface area contributed by atoms with Crippen LogP contribution in [0.25, 0.3) is 0 Å². The molecule has 30 heavy (non-hydrogen) atoms. The smallest absolute Gasteiger partial charge is 0.356 e. The molecule has 0 bridgehead atoms. The summed E-state index contributed by atoms with van der Waals surface area (Å²) in [7, 11) is 0. The van der Waals surface area contributed by atoms with Crippen molar-refractivity contribution in [3.8, 4) is 0 Å². The Hall–Kier alpha value is -2.35. The number of halogens is 3. The maximum absolute atomic E-state index is 13.0. The zero-order valence-corrected chi connectivity index (χ0v) is 16.9. The van der Waals surface area contributed by atoms with E-state index in [0.29, 0.717) is 25.2 Å². The standard InChI is InChI=1S/C22H28F3N3O2/c23-22(24,25)18-8-4-7-17(13-18)15-28-12-11-27-21(30)19(28)14-20(29)26-10-9-16-5-2-1-3-6-16/h4-5,7-8,13,19H,1-3,6,9-12,14-15H2,(H,26,29)(H,27,30)/t19-/m0/s1. The van der Waals surface area contributed by atoms with Gasteiger partial charge in [0.05, 0.1) is 18.0 Å². The number of hydrogen-bond acceptors (Lipinski definition) is 3. The van der Waals surface area contributed by atoms with E-state index in [2.05, 4.69) is 16.7 Å². The van der Waals surface area contributed by atoms with Crippen molar-refractivity contribution < 1.29 is 22.8 Å². The summed E-state index contributed by atoms with van der Waals surface area (Å²) >= 11 is 0. The number of nitrogens with zero attached hydrogens (tertiary/aromatic N) is 1. The maximum atomic E-state index is 13.0. The number of alkyl halides is 3. The van der Waals surface area contributed by atoms with Crippen LogP contribution in [-0.2, 0) is 22.3 Å². The molecule has 1 aromatic carbocycles. The Morgan fingerprint density at radius 3 is 2.83 bits per heavy atom. The second-order valence-corrected chi connectivity index (χ2v) is 7.89. The van der Waals surface area contributed by atoms with Crippen molar-refractivity contribution in [2.75, 3.05) is 19.6 Å². The fourth-order valence-corrected chi connectivity index (χ4v) is 4.00. The van der Waals surface area contributed by atoms with Gasteiger partial charge in [-0.15, -0.1) is 0 Å². The minimum atomic E-state index is -4.41. The molecule has 164 valence electrons. The number of rotatable bonds is 7. The van der Waals surface area contributed by atoms with Crippen molar-refractivity contribution in [3.05, 3.63) is 47.0 Å². The number of nitrogens with one attached hydrogen (secondary N) is 2. The van der Waals surface area contributed by atoms with Crippen molar-refractivity contribution in [1.82, 2.24) is 15.5 Å². The zero-order chi connectivity index (χ0) is 21.6. The molecule has 2 aliphatic rings. The Kier molecular flexibility index (Phi) is 7.53. The van der Waals surface area contributed by atoms with Crippen LogP contribution < -0.4 is 10.6 Å². The summed E-state index contributed by atoms with van der Waals surface area (Å²) in [6, 6.07) is 4.41. The number of allylic oxidation sites excluding steroid dienone is 1. The Balaban J connectivity index is 1.57. The van der Waals surface area contributed by atoms with E-state index in [-0.39, 0.29) is 24.8 Å². The van der Waals surface area contributed by atoms with Crippen LogP contribution >= 0.6 is 0 Å². The third kappa shape index (κ3) is 6.32. The maximum Gasteiger partial charge on any atom is 0.416 e. The summed E-state index contributed by atoms with van der Waals surface area (Å²) in [5, 5.41) is 5.62. The third-order valence-corrected chi connectivity index (χ3v) is 5.61. The highest BCUT2D eigenvalue weighted by atomic mass is 19.4. The van der Waals surface area contributed by atoms with Gasteiger partial charge in [-0.2, -0.15) is 13.2 Å². The van der Waals surface area contributed by atoms with Gasteiger partial charge in [-0.1, -0.05) is 29.8 Å². The van der Waals surface area contributed by atoms with Gasteiger partial charge in [-0.05, 0) is 43.7 Å². The van der Waals surface area contributed by atoms with E-state index in [9.17, 15) is 22.8 Å². The van der Waals surface area contributed by atoms with Crippen LogP contribution in [0.5, 0.6) is 0 Å². The third-order valence-electron chi connectivity index (χ3n) is 5.61. The Morgan fingerprint density at radius 2 is 2.10 bits per heavy atom. The zero-order valence-electron chi connectivity index (χ0n) is 16.9. The molecule has 0 aromatic heterocycles. The molecule has 8 heteroatoms. The Bertz CT molecular complexity index is 792. The van der Waals surface area contributed by atoms with Gasteiger partial charge in [0.2, 0.25) is 11.8 Å². The van der Waals surface area contributed by atoms with Crippen LogP contribution in [0, 0.1) is 0 Å². The minimum absolute atomic E-state index is 0.0101. The topological polar surface area (TPSA) is 61.4 Å². The van der Waals surface area contributed by atoms with Gasteiger partial charge in [0.25, 0.3) is 0 Å². The number of carbonyl (C=O) groups is 2. The number of hydrogen-bond donors (Lipinski definition) is 2. The lowest BCUT2D eigenvalue weighted by Gasteiger charge is -2.34. The molecule has 1 saturated heterocycles. The summed E-state index contributed by atoms with van der Waals surface area (Å²) in [6.45, 7) is 1.60. The van der Waals surface area contributed by atoms with E-state index in [1.807, 2.05) is 0 Å². The summed E-state index contributed by atoms with van der Waals surface area (Å²) in [5.41, 5.74) is 1.12. The van der Waals surface area contributed by atoms with Crippen molar-refractivity contribution in [3.63, 3.8) is 0 Å². The lowest BCUT2D eigenvalue weighted by atomic mass is 9.97. The number of piperazine rings is 1. The molecule has 1 aliphatic heterocycles. The van der Waals surface area contributed by atoms with Crippen LogP contribution in [0.2, 0.25) is 0 Å². The predicted molar refractivity (Wildman–Crippen MR) is 107 cm³/mol.